The van der Waals surface area contributed by atoms with Gasteiger partial charge in [0.25, 0.3) is 0 Å². The normalized spacial score (nSPS) is 24.7. The van der Waals surface area contributed by atoms with Crippen molar-refractivity contribution in [1.29, 1.82) is 0 Å². The Balaban J connectivity index is 1.93. The molecule has 5 rings (SSSR count). The van der Waals surface area contributed by atoms with Gasteiger partial charge in [0.15, 0.2) is 0 Å². The van der Waals surface area contributed by atoms with Crippen LogP contribution in [0.2, 0.25) is 10.0 Å². The predicted molar refractivity (Wildman–Crippen MR) is 90.0 cm³/mol. The van der Waals surface area contributed by atoms with Crippen molar-refractivity contribution in [3.8, 4) is 0 Å². The highest BCUT2D eigenvalue weighted by molar-refractivity contribution is 6.32. The summed E-state index contributed by atoms with van der Waals surface area (Å²) < 4.78 is 0. The molecule has 0 spiro atoms. The van der Waals surface area contributed by atoms with Crippen LogP contribution in [0.3, 0.4) is 0 Å². The average Bonchev–Trinajstić information content (AvgIpc) is 2.53. The largest absolute Gasteiger partial charge is 0.303 e. The lowest BCUT2D eigenvalue weighted by molar-refractivity contribution is -0.108. The summed E-state index contributed by atoms with van der Waals surface area (Å²) in [5, 5.41) is 1.68. The van der Waals surface area contributed by atoms with E-state index in [0.29, 0.717) is 18.3 Å². The number of rotatable bonds is 3. The zero-order chi connectivity index (χ0) is 15.3. The van der Waals surface area contributed by atoms with Gasteiger partial charge in [-0.15, -0.1) is 0 Å². The quantitative estimate of drug-likeness (QED) is 0.672. The Labute approximate surface area is 140 Å². The summed E-state index contributed by atoms with van der Waals surface area (Å²) in [6, 6.07) is 12.4. The Morgan fingerprint density at radius 3 is 2.14 bits per heavy atom. The minimum Gasteiger partial charge on any atom is -0.303 e. The molecule has 0 saturated carbocycles. The summed E-state index contributed by atoms with van der Waals surface area (Å²) >= 11 is 13.0. The zero-order valence-corrected chi connectivity index (χ0v) is 13.6. The van der Waals surface area contributed by atoms with Gasteiger partial charge < -0.3 is 4.79 Å². The molecule has 0 fully saturated rings. The number of aldehydes is 1. The molecule has 1 atom stereocenters. The van der Waals surface area contributed by atoms with Gasteiger partial charge in [0.05, 0.1) is 0 Å². The SMILES string of the molecule is O=CCCC1CC2c3c(Cl)cccc3C1c1cccc(Cl)c12. The first-order chi connectivity index (χ1) is 10.7. The maximum atomic E-state index is 10.8. The van der Waals surface area contributed by atoms with Gasteiger partial charge in [0.1, 0.15) is 6.29 Å². The van der Waals surface area contributed by atoms with Gasteiger partial charge in [0, 0.05) is 28.3 Å². The molecule has 0 radical (unpaired) electrons. The Morgan fingerprint density at radius 2 is 1.59 bits per heavy atom. The first-order valence-corrected chi connectivity index (χ1v) is 8.48. The van der Waals surface area contributed by atoms with Crippen molar-refractivity contribution in [3.05, 3.63) is 68.7 Å². The standard InChI is InChI=1S/C19H16Cl2O/c20-15-7-1-5-12-17-11(4-3-9-22)10-14(18(12)15)19-13(17)6-2-8-16(19)21/h1-2,5-9,11,14,17H,3-4,10H2. The van der Waals surface area contributed by atoms with Crippen LogP contribution in [-0.4, -0.2) is 6.29 Å². The van der Waals surface area contributed by atoms with Crippen LogP contribution in [0.5, 0.6) is 0 Å². The monoisotopic (exact) mass is 330 g/mol. The number of hydrogen-bond acceptors (Lipinski definition) is 1. The van der Waals surface area contributed by atoms with Crippen LogP contribution in [0, 0.1) is 5.92 Å². The van der Waals surface area contributed by atoms with E-state index in [2.05, 4.69) is 12.1 Å². The van der Waals surface area contributed by atoms with E-state index in [4.69, 9.17) is 23.2 Å². The van der Waals surface area contributed by atoms with E-state index in [0.717, 1.165) is 29.2 Å². The summed E-state index contributed by atoms with van der Waals surface area (Å²) in [6.07, 6.45) is 3.62. The molecule has 3 heteroatoms. The maximum absolute atomic E-state index is 10.8. The predicted octanol–water partition coefficient (Wildman–Crippen LogP) is 5.57. The van der Waals surface area contributed by atoms with Crippen molar-refractivity contribution < 1.29 is 4.79 Å². The lowest BCUT2D eigenvalue weighted by Crippen LogP contribution is -2.32. The third kappa shape index (κ3) is 1.96. The minimum absolute atomic E-state index is 0.258. The van der Waals surface area contributed by atoms with Crippen molar-refractivity contribution >= 4 is 29.5 Å². The summed E-state index contributed by atoms with van der Waals surface area (Å²) in [4.78, 5) is 10.8. The Morgan fingerprint density at radius 1 is 1.00 bits per heavy atom. The molecule has 3 aliphatic rings. The molecular formula is C19H16Cl2O. The van der Waals surface area contributed by atoms with E-state index in [1.807, 2.05) is 24.3 Å². The summed E-state index contributed by atoms with van der Waals surface area (Å²) in [7, 11) is 0. The molecule has 0 aromatic heterocycles. The molecule has 0 saturated heterocycles. The van der Waals surface area contributed by atoms with E-state index in [-0.39, 0.29) is 5.92 Å². The smallest absolute Gasteiger partial charge is 0.120 e. The highest BCUT2D eigenvalue weighted by Crippen LogP contribution is 2.59. The van der Waals surface area contributed by atoms with Crippen LogP contribution in [0.15, 0.2) is 36.4 Å². The van der Waals surface area contributed by atoms with Crippen molar-refractivity contribution in [2.45, 2.75) is 31.1 Å². The number of fused-ring (bicyclic) bond motifs is 1. The number of carbonyl (C=O) groups excluding carboxylic acids is 1. The van der Waals surface area contributed by atoms with E-state index in [1.165, 1.54) is 22.3 Å². The second-order valence-electron chi connectivity index (χ2n) is 6.26. The molecule has 22 heavy (non-hydrogen) atoms. The molecule has 0 amide bonds. The lowest BCUT2D eigenvalue weighted by atomic mass is 9.58. The summed E-state index contributed by atoms with van der Waals surface area (Å²) in [5.74, 6) is 1.06. The van der Waals surface area contributed by atoms with Gasteiger partial charge in [-0.05, 0) is 53.1 Å². The fraction of sp³-hybridized carbons (Fsp3) is 0.316. The molecular weight excluding hydrogens is 315 g/mol. The molecule has 112 valence electrons. The topological polar surface area (TPSA) is 17.1 Å². The molecule has 0 N–H and O–H groups in total. The van der Waals surface area contributed by atoms with Gasteiger partial charge in [0.2, 0.25) is 0 Å². The van der Waals surface area contributed by atoms with Gasteiger partial charge in [-0.2, -0.15) is 0 Å². The molecule has 2 bridgehead atoms. The second kappa shape index (κ2) is 5.40. The van der Waals surface area contributed by atoms with Crippen LogP contribution < -0.4 is 0 Å². The van der Waals surface area contributed by atoms with Gasteiger partial charge >= 0.3 is 0 Å². The minimum atomic E-state index is 0.258. The van der Waals surface area contributed by atoms with Crippen LogP contribution >= 0.6 is 23.2 Å². The van der Waals surface area contributed by atoms with Crippen LogP contribution in [0.25, 0.3) is 0 Å². The summed E-state index contributed by atoms with van der Waals surface area (Å²) in [5.41, 5.74) is 5.15. The molecule has 2 aromatic rings. The fourth-order valence-corrected chi connectivity index (χ4v) is 5.07. The molecule has 2 aromatic carbocycles. The maximum Gasteiger partial charge on any atom is 0.120 e. The van der Waals surface area contributed by atoms with Gasteiger partial charge in [-0.25, -0.2) is 0 Å². The van der Waals surface area contributed by atoms with Crippen LogP contribution in [-0.2, 0) is 4.79 Å². The Kier molecular flexibility index (Phi) is 3.51. The number of carbonyl (C=O) groups is 1. The second-order valence-corrected chi connectivity index (χ2v) is 7.07. The van der Waals surface area contributed by atoms with E-state index in [9.17, 15) is 4.79 Å². The van der Waals surface area contributed by atoms with Gasteiger partial charge in [-0.3, -0.25) is 0 Å². The molecule has 1 nitrogen and oxygen atoms in total. The summed E-state index contributed by atoms with van der Waals surface area (Å²) in [6.45, 7) is 0. The number of halogens is 2. The third-order valence-corrected chi connectivity index (χ3v) is 5.86. The van der Waals surface area contributed by atoms with Crippen molar-refractivity contribution in [2.24, 2.45) is 5.92 Å². The fourth-order valence-electron chi connectivity index (χ4n) is 4.45. The first-order valence-electron chi connectivity index (χ1n) is 7.72. The zero-order valence-electron chi connectivity index (χ0n) is 12.1. The van der Waals surface area contributed by atoms with E-state index < -0.39 is 0 Å². The number of hydrogen-bond donors (Lipinski definition) is 0. The average molecular weight is 331 g/mol. The van der Waals surface area contributed by atoms with Crippen molar-refractivity contribution in [3.63, 3.8) is 0 Å². The molecule has 0 aliphatic heterocycles. The molecule has 1 unspecified atom stereocenters. The van der Waals surface area contributed by atoms with Crippen molar-refractivity contribution in [2.75, 3.05) is 0 Å². The van der Waals surface area contributed by atoms with Crippen molar-refractivity contribution in [1.82, 2.24) is 0 Å². The van der Waals surface area contributed by atoms with Crippen LogP contribution in [0.1, 0.15) is 53.4 Å². The Hall–Kier alpha value is -1.31. The third-order valence-electron chi connectivity index (χ3n) is 5.21. The van der Waals surface area contributed by atoms with E-state index >= 15 is 0 Å². The van der Waals surface area contributed by atoms with Gasteiger partial charge in [-0.1, -0.05) is 47.5 Å². The van der Waals surface area contributed by atoms with E-state index in [1.54, 1.807) is 0 Å². The highest BCUT2D eigenvalue weighted by Gasteiger charge is 2.44. The first kappa shape index (κ1) is 14.3. The molecule has 0 heterocycles. The molecule has 3 aliphatic carbocycles. The number of benzene rings is 2. The van der Waals surface area contributed by atoms with Crippen LogP contribution in [0.4, 0.5) is 0 Å². The highest BCUT2D eigenvalue weighted by atomic mass is 35.5. The lowest BCUT2D eigenvalue weighted by Gasteiger charge is -2.46. The Bertz CT molecular complexity index is 700.